The smallest absolute Gasteiger partial charge is 0.339 e. The fourth-order valence-electron chi connectivity index (χ4n) is 5.63. The fraction of sp³-hybridized carbons (Fsp3) is 0.207. The number of esters is 1. The fourth-order valence-corrected chi connectivity index (χ4v) is 5.63. The molecule has 0 radical (unpaired) electrons. The van der Waals surface area contributed by atoms with Gasteiger partial charge in [0.1, 0.15) is 23.6 Å². The number of aromatic nitrogens is 1. The first-order valence-electron chi connectivity index (χ1n) is 12.1. The lowest BCUT2D eigenvalue weighted by molar-refractivity contribution is -0.120. The summed E-state index contributed by atoms with van der Waals surface area (Å²) in [5.74, 6) is 0.101. The number of fused-ring (bicyclic) bond motifs is 4. The predicted molar refractivity (Wildman–Crippen MR) is 140 cm³/mol. The Bertz CT molecular complexity index is 1610. The number of H-pyrrole nitrogens is 1. The number of imide groups is 1. The van der Waals surface area contributed by atoms with Gasteiger partial charge < -0.3 is 19.2 Å². The Morgan fingerprint density at radius 3 is 2.47 bits per heavy atom. The van der Waals surface area contributed by atoms with Crippen molar-refractivity contribution in [3.63, 3.8) is 0 Å². The number of anilines is 1. The summed E-state index contributed by atoms with van der Waals surface area (Å²) < 4.78 is 16.1. The van der Waals surface area contributed by atoms with E-state index in [2.05, 4.69) is 4.98 Å². The molecule has 2 aliphatic heterocycles. The number of nitrogens with one attached hydrogen (secondary N) is 1. The summed E-state index contributed by atoms with van der Waals surface area (Å²) in [6.07, 6.45) is 0.323. The second kappa shape index (κ2) is 8.95. The molecule has 4 aromatic rings. The second-order valence-corrected chi connectivity index (χ2v) is 9.17. The van der Waals surface area contributed by atoms with Crippen molar-refractivity contribution in [3.8, 4) is 11.5 Å². The number of methoxy groups -OCH3 is 3. The van der Waals surface area contributed by atoms with Crippen molar-refractivity contribution >= 4 is 34.5 Å². The van der Waals surface area contributed by atoms with Gasteiger partial charge in [0, 0.05) is 28.6 Å². The lowest BCUT2D eigenvalue weighted by atomic mass is 9.88. The molecule has 9 heteroatoms. The largest absolute Gasteiger partial charge is 0.497 e. The zero-order chi connectivity index (χ0) is 26.6. The monoisotopic (exact) mass is 511 g/mol. The molecule has 0 bridgehead atoms. The number of hydrogen-bond acceptors (Lipinski definition) is 6. The number of urea groups is 1. The van der Waals surface area contributed by atoms with E-state index in [-0.39, 0.29) is 11.3 Å². The molecule has 1 saturated heterocycles. The molecular formula is C29H25N3O6. The van der Waals surface area contributed by atoms with E-state index in [1.54, 1.807) is 49.5 Å². The van der Waals surface area contributed by atoms with Gasteiger partial charge in [0.2, 0.25) is 0 Å². The maximum Gasteiger partial charge on any atom is 0.339 e. The summed E-state index contributed by atoms with van der Waals surface area (Å²) >= 11 is 0. The molecule has 2 aliphatic rings. The number of ether oxygens (including phenoxy) is 3. The van der Waals surface area contributed by atoms with Crippen LogP contribution in [0.15, 0.2) is 66.7 Å². The summed E-state index contributed by atoms with van der Waals surface area (Å²) in [6.45, 7) is 0. The van der Waals surface area contributed by atoms with Gasteiger partial charge in [0.05, 0.1) is 32.6 Å². The molecule has 1 aromatic heterocycles. The molecule has 0 spiro atoms. The van der Waals surface area contributed by atoms with E-state index in [1.807, 2.05) is 30.3 Å². The number of aromatic amines is 1. The van der Waals surface area contributed by atoms with Crippen molar-refractivity contribution in [2.24, 2.45) is 0 Å². The Morgan fingerprint density at radius 1 is 0.947 bits per heavy atom. The van der Waals surface area contributed by atoms with E-state index >= 15 is 0 Å². The Hall–Kier alpha value is -4.79. The molecule has 3 aromatic carbocycles. The molecule has 9 nitrogen and oxygen atoms in total. The third-order valence-electron chi connectivity index (χ3n) is 7.33. The Balaban J connectivity index is 1.58. The number of benzene rings is 3. The van der Waals surface area contributed by atoms with Crippen molar-refractivity contribution in [2.75, 3.05) is 26.2 Å². The molecule has 1 fully saturated rings. The Kier molecular flexibility index (Phi) is 5.56. The summed E-state index contributed by atoms with van der Waals surface area (Å²) in [4.78, 5) is 46.8. The molecule has 1 N–H and O–H groups in total. The highest BCUT2D eigenvalue weighted by Gasteiger charge is 2.54. The normalized spacial score (nSPS) is 18.4. The molecule has 0 saturated carbocycles. The lowest BCUT2D eigenvalue weighted by Crippen LogP contribution is -2.44. The van der Waals surface area contributed by atoms with Crippen LogP contribution in [0, 0.1) is 0 Å². The van der Waals surface area contributed by atoms with Gasteiger partial charge >= 0.3 is 12.0 Å². The number of amides is 3. The third kappa shape index (κ3) is 3.35. The van der Waals surface area contributed by atoms with Crippen LogP contribution in [-0.4, -0.2) is 55.2 Å². The first kappa shape index (κ1) is 23.6. The molecule has 6 rings (SSSR count). The number of rotatable bonds is 5. The maximum absolute atomic E-state index is 14.2. The van der Waals surface area contributed by atoms with Gasteiger partial charge in [-0.3, -0.25) is 9.69 Å². The number of carbonyl (C=O) groups is 3. The number of carbonyl (C=O) groups excluding carboxylic acids is 3. The zero-order valence-corrected chi connectivity index (χ0v) is 21.1. The van der Waals surface area contributed by atoms with Gasteiger partial charge in [-0.25, -0.2) is 14.5 Å². The first-order valence-corrected chi connectivity index (χ1v) is 12.1. The number of hydrogen-bond donors (Lipinski definition) is 1. The van der Waals surface area contributed by atoms with Gasteiger partial charge in [-0.05, 0) is 42.0 Å². The van der Waals surface area contributed by atoms with Crippen LogP contribution >= 0.6 is 0 Å². The maximum atomic E-state index is 14.2. The van der Waals surface area contributed by atoms with Crippen LogP contribution in [0.4, 0.5) is 10.5 Å². The molecule has 0 unspecified atom stereocenters. The summed E-state index contributed by atoms with van der Waals surface area (Å²) in [5.41, 5.74) is 3.68. The van der Waals surface area contributed by atoms with Crippen molar-refractivity contribution < 1.29 is 28.6 Å². The van der Waals surface area contributed by atoms with Crippen LogP contribution in [0.1, 0.15) is 33.2 Å². The van der Waals surface area contributed by atoms with Crippen molar-refractivity contribution in [1.82, 2.24) is 9.88 Å². The average molecular weight is 512 g/mol. The topological polar surface area (TPSA) is 101 Å². The summed E-state index contributed by atoms with van der Waals surface area (Å²) in [5, 5.41) is 0.989. The quantitative estimate of drug-likeness (QED) is 0.314. The highest BCUT2D eigenvalue weighted by atomic mass is 16.5. The van der Waals surface area contributed by atoms with Gasteiger partial charge in [-0.2, -0.15) is 0 Å². The minimum Gasteiger partial charge on any atom is -0.497 e. The van der Waals surface area contributed by atoms with Crippen molar-refractivity contribution in [3.05, 3.63) is 89.1 Å². The minimum absolute atomic E-state index is 0.135. The molecule has 2 atom stereocenters. The van der Waals surface area contributed by atoms with E-state index < -0.39 is 30.0 Å². The molecule has 0 aliphatic carbocycles. The van der Waals surface area contributed by atoms with E-state index in [0.717, 1.165) is 27.1 Å². The van der Waals surface area contributed by atoms with E-state index in [4.69, 9.17) is 14.2 Å². The van der Waals surface area contributed by atoms with Crippen LogP contribution in [0.25, 0.3) is 10.9 Å². The summed E-state index contributed by atoms with van der Waals surface area (Å²) in [6, 6.07) is 17.7. The van der Waals surface area contributed by atoms with Crippen LogP contribution in [0.5, 0.6) is 11.5 Å². The Morgan fingerprint density at radius 2 is 1.71 bits per heavy atom. The first-order chi connectivity index (χ1) is 18.5. The van der Waals surface area contributed by atoms with Crippen LogP contribution in [0.3, 0.4) is 0 Å². The van der Waals surface area contributed by atoms with E-state index in [9.17, 15) is 14.4 Å². The van der Waals surface area contributed by atoms with Gasteiger partial charge in [-0.1, -0.05) is 30.3 Å². The number of para-hydroxylation sites is 2. The van der Waals surface area contributed by atoms with E-state index in [1.165, 1.54) is 13.2 Å². The second-order valence-electron chi connectivity index (χ2n) is 9.17. The molecule has 38 heavy (non-hydrogen) atoms. The van der Waals surface area contributed by atoms with Crippen molar-refractivity contribution in [1.29, 1.82) is 0 Å². The van der Waals surface area contributed by atoms with E-state index in [0.29, 0.717) is 23.5 Å². The standard InChI is InChI=1S/C29H25N3O6/c1-36-16-12-13-24(37-2)20(14-16)26-25-19(17-8-4-6-10-21(17)30-25)15-23-27(33)32(29(35)31(23)26)22-11-7-5-9-18(22)28(34)38-3/h4-14,23,26,30H,15H2,1-3H3/t23-,26+/m1/s1. The average Bonchev–Trinajstić information content (AvgIpc) is 3.45. The third-order valence-corrected chi connectivity index (χ3v) is 7.33. The van der Waals surface area contributed by atoms with Crippen LogP contribution in [-0.2, 0) is 16.0 Å². The van der Waals surface area contributed by atoms with Gasteiger partial charge in [0.25, 0.3) is 5.91 Å². The van der Waals surface area contributed by atoms with Crippen LogP contribution in [0.2, 0.25) is 0 Å². The molecule has 192 valence electrons. The summed E-state index contributed by atoms with van der Waals surface area (Å²) in [7, 11) is 4.39. The minimum atomic E-state index is -0.791. The van der Waals surface area contributed by atoms with Gasteiger partial charge in [-0.15, -0.1) is 0 Å². The zero-order valence-electron chi connectivity index (χ0n) is 21.1. The lowest BCUT2D eigenvalue weighted by Gasteiger charge is -2.36. The Labute approximate surface area is 218 Å². The molecule has 3 heterocycles. The van der Waals surface area contributed by atoms with Gasteiger partial charge in [0.15, 0.2) is 0 Å². The predicted octanol–water partition coefficient (Wildman–Crippen LogP) is 4.45. The number of nitrogens with zero attached hydrogens (tertiary/aromatic N) is 2. The van der Waals surface area contributed by atoms with Crippen LogP contribution < -0.4 is 14.4 Å². The molecule has 3 amide bonds. The molecular weight excluding hydrogens is 486 g/mol. The van der Waals surface area contributed by atoms with Crippen molar-refractivity contribution in [2.45, 2.75) is 18.5 Å². The highest BCUT2D eigenvalue weighted by Crippen LogP contribution is 2.47. The SMILES string of the molecule is COC(=O)c1ccccc1N1C(=O)[C@H]2Cc3c([nH]c4ccccc34)[C@H](c3cc(OC)ccc3OC)N2C1=O. The highest BCUT2D eigenvalue weighted by molar-refractivity contribution is 6.23.